The monoisotopic (exact) mass is 220 g/mol. The fourth-order valence-corrected chi connectivity index (χ4v) is 2.48. The lowest BCUT2D eigenvalue weighted by atomic mass is 9.75. The topological polar surface area (TPSA) is 46.5 Å². The van der Waals surface area contributed by atoms with Crippen LogP contribution < -0.4 is 0 Å². The quantitative estimate of drug-likeness (QED) is 0.732. The predicted octanol–water partition coefficient (Wildman–Crippen LogP) is 1.63. The maximum Gasteiger partial charge on any atom is 0.309 e. The Bertz CT molecular complexity index is 409. The maximum absolute atomic E-state index is 11.5. The van der Waals surface area contributed by atoms with Crippen molar-refractivity contribution in [2.75, 3.05) is 7.11 Å². The van der Waals surface area contributed by atoms with Gasteiger partial charge in [-0.25, -0.2) is 0 Å². The third-order valence-electron chi connectivity index (χ3n) is 3.24. The number of hydrogen-bond acceptors (Lipinski definition) is 3. The highest BCUT2D eigenvalue weighted by Gasteiger charge is 2.37. The van der Waals surface area contributed by atoms with Crippen LogP contribution in [0, 0.1) is 5.92 Å². The highest BCUT2D eigenvalue weighted by Crippen LogP contribution is 2.38. The molecule has 16 heavy (non-hydrogen) atoms. The first-order valence-electron chi connectivity index (χ1n) is 5.43. The summed E-state index contributed by atoms with van der Waals surface area (Å²) < 4.78 is 4.75. The van der Waals surface area contributed by atoms with Gasteiger partial charge in [0.2, 0.25) is 0 Å². The van der Waals surface area contributed by atoms with Crippen LogP contribution >= 0.6 is 0 Å². The highest BCUT2D eigenvalue weighted by molar-refractivity contribution is 5.73. The van der Waals surface area contributed by atoms with Crippen molar-refractivity contribution in [3.63, 3.8) is 0 Å². The summed E-state index contributed by atoms with van der Waals surface area (Å²) in [5.41, 5.74) is 1.03. The molecule has 0 bridgehead atoms. The zero-order chi connectivity index (χ0) is 11.8. The number of rotatable bonds is 1. The van der Waals surface area contributed by atoms with Gasteiger partial charge < -0.3 is 9.84 Å². The van der Waals surface area contributed by atoms with E-state index >= 15 is 0 Å². The van der Waals surface area contributed by atoms with E-state index in [1.54, 1.807) is 6.92 Å². The summed E-state index contributed by atoms with van der Waals surface area (Å²) in [4.78, 5) is 11.5. The molecule has 3 nitrogen and oxygen atoms in total. The highest BCUT2D eigenvalue weighted by atomic mass is 16.5. The van der Waals surface area contributed by atoms with Crippen LogP contribution in [0.25, 0.3) is 0 Å². The lowest BCUT2D eigenvalue weighted by molar-refractivity contribution is -0.148. The Labute approximate surface area is 95.0 Å². The second-order valence-corrected chi connectivity index (χ2v) is 4.56. The van der Waals surface area contributed by atoms with Gasteiger partial charge in [0.15, 0.2) is 0 Å². The van der Waals surface area contributed by atoms with Crippen LogP contribution in [0.4, 0.5) is 0 Å². The van der Waals surface area contributed by atoms with E-state index in [4.69, 9.17) is 4.74 Å². The van der Waals surface area contributed by atoms with Crippen LogP contribution in [-0.4, -0.2) is 18.2 Å². The molecule has 2 atom stereocenters. The van der Waals surface area contributed by atoms with Crippen molar-refractivity contribution in [1.82, 2.24) is 0 Å². The Kier molecular flexibility index (Phi) is 2.72. The molecule has 0 amide bonds. The Hall–Kier alpha value is -1.35. The Morgan fingerprint density at radius 3 is 2.88 bits per heavy atom. The molecule has 2 rings (SSSR count). The zero-order valence-corrected chi connectivity index (χ0v) is 9.56. The average Bonchev–Trinajstić information content (AvgIpc) is 2.27. The van der Waals surface area contributed by atoms with Crippen LogP contribution in [-0.2, 0) is 21.6 Å². The van der Waals surface area contributed by atoms with Crippen molar-refractivity contribution in [3.8, 4) is 0 Å². The lowest BCUT2D eigenvalue weighted by Crippen LogP contribution is -2.36. The van der Waals surface area contributed by atoms with E-state index in [9.17, 15) is 9.90 Å². The van der Waals surface area contributed by atoms with Crippen LogP contribution in [0.2, 0.25) is 0 Å². The van der Waals surface area contributed by atoms with Crippen LogP contribution in [0.5, 0.6) is 0 Å². The molecule has 0 unspecified atom stereocenters. The summed E-state index contributed by atoms with van der Waals surface area (Å²) in [5, 5.41) is 10.3. The average molecular weight is 220 g/mol. The van der Waals surface area contributed by atoms with Gasteiger partial charge >= 0.3 is 5.97 Å². The van der Waals surface area contributed by atoms with Crippen molar-refractivity contribution in [2.45, 2.75) is 25.4 Å². The molecular formula is C13H16O3. The summed E-state index contributed by atoms with van der Waals surface area (Å²) in [6.45, 7) is 1.75. The summed E-state index contributed by atoms with van der Waals surface area (Å²) in [7, 11) is 1.39. The van der Waals surface area contributed by atoms with E-state index in [0.717, 1.165) is 11.1 Å². The van der Waals surface area contributed by atoms with E-state index in [1.165, 1.54) is 7.11 Å². The molecule has 3 heteroatoms. The van der Waals surface area contributed by atoms with Crippen molar-refractivity contribution < 1.29 is 14.6 Å². The smallest absolute Gasteiger partial charge is 0.309 e. The first kappa shape index (κ1) is 11.1. The molecule has 0 aliphatic heterocycles. The SMILES string of the molecule is COC(=O)[C@@H]1Cc2ccccc2[C@@](C)(O)C1. The molecule has 86 valence electrons. The van der Waals surface area contributed by atoms with Gasteiger partial charge in [-0.05, 0) is 30.9 Å². The second kappa shape index (κ2) is 3.91. The second-order valence-electron chi connectivity index (χ2n) is 4.56. The minimum Gasteiger partial charge on any atom is -0.469 e. The standard InChI is InChI=1S/C13H16O3/c1-13(15)8-10(12(14)16-2)7-9-5-3-4-6-11(9)13/h3-6,10,15H,7-8H2,1-2H3/t10-,13+/m1/s1. The van der Waals surface area contributed by atoms with Gasteiger partial charge in [0.25, 0.3) is 0 Å². The first-order valence-corrected chi connectivity index (χ1v) is 5.43. The number of benzene rings is 1. The third-order valence-corrected chi connectivity index (χ3v) is 3.24. The molecule has 0 spiro atoms. The molecule has 0 fully saturated rings. The van der Waals surface area contributed by atoms with Gasteiger partial charge in [-0.2, -0.15) is 0 Å². The van der Waals surface area contributed by atoms with Gasteiger partial charge in [0.1, 0.15) is 0 Å². The number of carbonyl (C=O) groups is 1. The number of carbonyl (C=O) groups excluding carboxylic acids is 1. The van der Waals surface area contributed by atoms with Crippen LogP contribution in [0.15, 0.2) is 24.3 Å². The fraction of sp³-hybridized carbons (Fsp3) is 0.462. The molecule has 1 N–H and O–H groups in total. The minimum atomic E-state index is -0.937. The van der Waals surface area contributed by atoms with E-state index in [2.05, 4.69) is 0 Å². The summed E-state index contributed by atoms with van der Waals surface area (Å²) in [6.07, 6.45) is 1.08. The Balaban J connectivity index is 2.37. The summed E-state index contributed by atoms with van der Waals surface area (Å²) in [5.74, 6) is -0.482. The summed E-state index contributed by atoms with van der Waals surface area (Å²) in [6, 6.07) is 7.71. The maximum atomic E-state index is 11.5. The van der Waals surface area contributed by atoms with Crippen molar-refractivity contribution in [2.24, 2.45) is 5.92 Å². The van der Waals surface area contributed by atoms with Crippen molar-refractivity contribution in [3.05, 3.63) is 35.4 Å². The first-order chi connectivity index (χ1) is 7.54. The van der Waals surface area contributed by atoms with Gasteiger partial charge in [0, 0.05) is 0 Å². The molecule has 1 aromatic rings. The van der Waals surface area contributed by atoms with Crippen LogP contribution in [0.1, 0.15) is 24.5 Å². The molecule has 1 aromatic carbocycles. The van der Waals surface area contributed by atoms with Gasteiger partial charge in [-0.15, -0.1) is 0 Å². The number of ether oxygens (including phenoxy) is 1. The number of hydrogen-bond donors (Lipinski definition) is 1. The molecular weight excluding hydrogens is 204 g/mol. The van der Waals surface area contributed by atoms with Gasteiger partial charge in [-0.1, -0.05) is 24.3 Å². The molecule has 0 saturated carbocycles. The fourth-order valence-electron chi connectivity index (χ4n) is 2.48. The Morgan fingerprint density at radius 2 is 2.19 bits per heavy atom. The normalized spacial score (nSPS) is 28.3. The van der Waals surface area contributed by atoms with Crippen molar-refractivity contribution >= 4 is 5.97 Å². The Morgan fingerprint density at radius 1 is 1.50 bits per heavy atom. The van der Waals surface area contributed by atoms with E-state index in [-0.39, 0.29) is 11.9 Å². The molecule has 0 saturated heterocycles. The lowest BCUT2D eigenvalue weighted by Gasteiger charge is -2.34. The number of fused-ring (bicyclic) bond motifs is 1. The molecule has 0 heterocycles. The molecule has 1 aliphatic carbocycles. The molecule has 0 aromatic heterocycles. The molecule has 0 radical (unpaired) electrons. The third kappa shape index (κ3) is 1.83. The predicted molar refractivity (Wildman–Crippen MR) is 59.8 cm³/mol. The van der Waals surface area contributed by atoms with E-state index < -0.39 is 5.60 Å². The largest absolute Gasteiger partial charge is 0.469 e. The number of aliphatic hydroxyl groups is 1. The van der Waals surface area contributed by atoms with Gasteiger partial charge in [-0.3, -0.25) is 4.79 Å². The number of esters is 1. The zero-order valence-electron chi connectivity index (χ0n) is 9.56. The van der Waals surface area contributed by atoms with Crippen molar-refractivity contribution in [1.29, 1.82) is 0 Å². The van der Waals surface area contributed by atoms with Crippen LogP contribution in [0.3, 0.4) is 0 Å². The molecule has 1 aliphatic rings. The van der Waals surface area contributed by atoms with E-state index in [1.807, 2.05) is 24.3 Å². The van der Waals surface area contributed by atoms with E-state index in [0.29, 0.717) is 12.8 Å². The van der Waals surface area contributed by atoms with Gasteiger partial charge in [0.05, 0.1) is 18.6 Å². The summed E-state index contributed by atoms with van der Waals surface area (Å²) >= 11 is 0. The minimum absolute atomic E-state index is 0.241. The number of methoxy groups -OCH3 is 1.